The first-order chi connectivity index (χ1) is 12.3. The number of anilines is 1. The molecule has 0 bridgehead atoms. The molecule has 0 amide bonds. The maximum atomic E-state index is 4.51. The monoisotopic (exact) mass is 337 g/mol. The molecule has 1 saturated heterocycles. The van der Waals surface area contributed by atoms with Gasteiger partial charge in [0.2, 0.25) is 0 Å². The highest BCUT2D eigenvalue weighted by atomic mass is 15.2. The Bertz CT molecular complexity index is 816. The van der Waals surface area contributed by atoms with Crippen LogP contribution in [-0.2, 0) is 6.54 Å². The number of aromatic nitrogens is 5. The average molecular weight is 337 g/mol. The van der Waals surface area contributed by atoms with Crippen LogP contribution in [0.4, 0.5) is 5.82 Å². The summed E-state index contributed by atoms with van der Waals surface area (Å²) in [6.45, 7) is 2.91. The van der Waals surface area contributed by atoms with Crippen LogP contribution in [0.5, 0.6) is 0 Å². The van der Waals surface area contributed by atoms with E-state index in [-0.39, 0.29) is 0 Å². The second kappa shape index (κ2) is 7.14. The predicted octanol–water partition coefficient (Wildman–Crippen LogP) is 2.24. The van der Waals surface area contributed by atoms with Crippen LogP contribution in [0.1, 0.15) is 25.0 Å². The van der Waals surface area contributed by atoms with Crippen LogP contribution in [0.2, 0.25) is 0 Å². The van der Waals surface area contributed by atoms with Gasteiger partial charge in [0.25, 0.3) is 0 Å². The highest BCUT2D eigenvalue weighted by Gasteiger charge is 2.22. The third-order valence-corrected chi connectivity index (χ3v) is 4.99. The minimum Gasteiger partial charge on any atom is -0.356 e. The lowest BCUT2D eigenvalue weighted by atomic mass is 10.1. The van der Waals surface area contributed by atoms with Gasteiger partial charge in [-0.25, -0.2) is 9.97 Å². The summed E-state index contributed by atoms with van der Waals surface area (Å²) >= 11 is 0. The van der Waals surface area contributed by atoms with Gasteiger partial charge in [-0.1, -0.05) is 6.07 Å². The van der Waals surface area contributed by atoms with Crippen LogP contribution in [0.25, 0.3) is 11.0 Å². The van der Waals surface area contributed by atoms with Crippen molar-refractivity contribution in [2.45, 2.75) is 31.8 Å². The molecule has 1 aliphatic heterocycles. The van der Waals surface area contributed by atoms with Crippen molar-refractivity contribution in [3.8, 4) is 0 Å². The Hall–Kier alpha value is -2.54. The predicted molar refractivity (Wildman–Crippen MR) is 97.2 cm³/mol. The van der Waals surface area contributed by atoms with Crippen LogP contribution in [-0.4, -0.2) is 56.2 Å². The molecule has 4 heterocycles. The smallest absolute Gasteiger partial charge is 0.160 e. The van der Waals surface area contributed by atoms with Crippen molar-refractivity contribution in [3.05, 3.63) is 42.6 Å². The van der Waals surface area contributed by atoms with E-state index in [2.05, 4.69) is 54.1 Å². The van der Waals surface area contributed by atoms with Crippen molar-refractivity contribution < 1.29 is 0 Å². The first-order valence-electron chi connectivity index (χ1n) is 8.80. The van der Waals surface area contributed by atoms with E-state index >= 15 is 0 Å². The maximum Gasteiger partial charge on any atom is 0.160 e. The van der Waals surface area contributed by atoms with Crippen molar-refractivity contribution >= 4 is 16.9 Å². The summed E-state index contributed by atoms with van der Waals surface area (Å²) in [4.78, 5) is 18.0. The summed E-state index contributed by atoms with van der Waals surface area (Å²) in [5.41, 5.74) is 1.93. The molecule has 0 aliphatic carbocycles. The lowest BCUT2D eigenvalue weighted by molar-refractivity contribution is 0.215. The summed E-state index contributed by atoms with van der Waals surface area (Å²) in [5, 5.41) is 8.03. The molecule has 4 rings (SSSR count). The first-order valence-corrected chi connectivity index (χ1v) is 8.80. The molecule has 3 aromatic rings. The minimum absolute atomic E-state index is 0.564. The largest absolute Gasteiger partial charge is 0.356 e. The Morgan fingerprint density at radius 2 is 2.16 bits per heavy atom. The summed E-state index contributed by atoms with van der Waals surface area (Å²) in [6, 6.07) is 6.67. The van der Waals surface area contributed by atoms with Crippen molar-refractivity contribution in [1.82, 2.24) is 30.0 Å². The number of rotatable bonds is 4. The topological polar surface area (TPSA) is 73.8 Å². The van der Waals surface area contributed by atoms with E-state index in [4.69, 9.17) is 0 Å². The van der Waals surface area contributed by atoms with E-state index in [9.17, 15) is 0 Å². The zero-order valence-electron chi connectivity index (χ0n) is 14.5. The molecule has 0 saturated carbocycles. The van der Waals surface area contributed by atoms with Crippen molar-refractivity contribution in [3.63, 3.8) is 0 Å². The fraction of sp³-hybridized carbons (Fsp3) is 0.444. The minimum atomic E-state index is 0.564. The van der Waals surface area contributed by atoms with Crippen LogP contribution >= 0.6 is 0 Å². The third kappa shape index (κ3) is 3.46. The first kappa shape index (κ1) is 16.0. The van der Waals surface area contributed by atoms with Gasteiger partial charge in [-0.15, -0.1) is 0 Å². The fourth-order valence-corrected chi connectivity index (χ4v) is 3.61. The van der Waals surface area contributed by atoms with Crippen LogP contribution in [0.15, 0.2) is 36.9 Å². The molecule has 0 unspecified atom stereocenters. The molecular formula is C18H23N7. The lowest BCUT2D eigenvalue weighted by Crippen LogP contribution is -2.33. The average Bonchev–Trinajstić information content (AvgIpc) is 2.99. The molecule has 7 heteroatoms. The van der Waals surface area contributed by atoms with Gasteiger partial charge in [-0.2, -0.15) is 5.10 Å². The Labute approximate surface area is 147 Å². The molecular weight excluding hydrogens is 314 g/mol. The quantitative estimate of drug-likeness (QED) is 0.787. The summed E-state index contributed by atoms with van der Waals surface area (Å²) < 4.78 is 0. The Morgan fingerprint density at radius 3 is 3.04 bits per heavy atom. The molecule has 1 fully saturated rings. The number of nitrogens with zero attached hydrogens (tertiary/aromatic N) is 6. The van der Waals surface area contributed by atoms with Gasteiger partial charge in [0, 0.05) is 31.9 Å². The van der Waals surface area contributed by atoms with Crippen LogP contribution in [0, 0.1) is 0 Å². The van der Waals surface area contributed by atoms with E-state index < -0.39 is 0 Å². The second-order valence-electron chi connectivity index (χ2n) is 6.64. The highest BCUT2D eigenvalue weighted by Crippen LogP contribution is 2.25. The normalized spacial score (nSPS) is 18.6. The SMILES string of the molecule is CN(Cc1ccccn1)[C@H]1CCCN(c2ncnc3[nH]ncc23)CC1. The van der Waals surface area contributed by atoms with E-state index in [1.54, 1.807) is 6.33 Å². The van der Waals surface area contributed by atoms with Crippen LogP contribution < -0.4 is 4.90 Å². The maximum absolute atomic E-state index is 4.51. The Balaban J connectivity index is 1.44. The molecule has 130 valence electrons. The number of hydrogen-bond acceptors (Lipinski definition) is 6. The van der Waals surface area contributed by atoms with Gasteiger partial charge in [0.1, 0.15) is 12.1 Å². The van der Waals surface area contributed by atoms with E-state index in [0.29, 0.717) is 6.04 Å². The molecule has 3 aromatic heterocycles. The van der Waals surface area contributed by atoms with Crippen molar-refractivity contribution in [2.24, 2.45) is 0 Å². The number of nitrogens with one attached hydrogen (secondary N) is 1. The summed E-state index contributed by atoms with van der Waals surface area (Å²) in [7, 11) is 2.20. The molecule has 1 aliphatic rings. The van der Waals surface area contributed by atoms with Crippen LogP contribution in [0.3, 0.4) is 0 Å². The molecule has 0 aromatic carbocycles. The van der Waals surface area contributed by atoms with Gasteiger partial charge in [0.15, 0.2) is 5.65 Å². The molecule has 1 N–H and O–H groups in total. The number of hydrogen-bond donors (Lipinski definition) is 1. The lowest BCUT2D eigenvalue weighted by Gasteiger charge is -2.27. The molecule has 0 radical (unpaired) electrons. The standard InChI is InChI=1S/C18H23N7/c1-24(12-14-5-2-3-8-19-14)15-6-4-9-25(10-7-15)18-16-11-22-23-17(16)20-13-21-18/h2-3,5,8,11,13,15H,4,6-7,9-10,12H2,1H3,(H,20,21,22,23)/t15-/m0/s1. The zero-order chi connectivity index (χ0) is 17.1. The van der Waals surface area contributed by atoms with Crippen molar-refractivity contribution in [2.75, 3.05) is 25.0 Å². The van der Waals surface area contributed by atoms with Crippen molar-refractivity contribution in [1.29, 1.82) is 0 Å². The number of aromatic amines is 1. The zero-order valence-corrected chi connectivity index (χ0v) is 14.5. The van der Waals surface area contributed by atoms with E-state index in [0.717, 1.165) is 55.0 Å². The molecule has 7 nitrogen and oxygen atoms in total. The number of fused-ring (bicyclic) bond motifs is 1. The highest BCUT2D eigenvalue weighted by molar-refractivity contribution is 5.86. The van der Waals surface area contributed by atoms with Gasteiger partial charge >= 0.3 is 0 Å². The number of pyridine rings is 1. The molecule has 25 heavy (non-hydrogen) atoms. The second-order valence-corrected chi connectivity index (χ2v) is 6.64. The van der Waals surface area contributed by atoms with Gasteiger partial charge < -0.3 is 4.90 Å². The third-order valence-electron chi connectivity index (χ3n) is 4.99. The molecule has 1 atom stereocenters. The fourth-order valence-electron chi connectivity index (χ4n) is 3.61. The Kier molecular flexibility index (Phi) is 4.56. The van der Waals surface area contributed by atoms with Gasteiger partial charge in [-0.05, 0) is 38.4 Å². The molecule has 0 spiro atoms. The van der Waals surface area contributed by atoms with E-state index in [1.165, 1.54) is 6.42 Å². The summed E-state index contributed by atoms with van der Waals surface area (Å²) in [5.74, 6) is 0.992. The number of H-pyrrole nitrogens is 1. The van der Waals surface area contributed by atoms with E-state index in [1.807, 2.05) is 18.5 Å². The Morgan fingerprint density at radius 1 is 1.20 bits per heavy atom. The van der Waals surface area contributed by atoms with Gasteiger partial charge in [0.05, 0.1) is 17.3 Å². The van der Waals surface area contributed by atoms with Gasteiger partial charge in [-0.3, -0.25) is 15.0 Å². The summed E-state index contributed by atoms with van der Waals surface area (Å²) in [6.07, 6.45) is 8.77.